The predicted molar refractivity (Wildman–Crippen MR) is 47.5 cm³/mol. The summed E-state index contributed by atoms with van der Waals surface area (Å²) < 4.78 is 0. The van der Waals surface area contributed by atoms with Gasteiger partial charge in [-0.3, -0.25) is 0 Å². The molecule has 1 heteroatoms. The molecular formula is C10H20O. The third-order valence-electron chi connectivity index (χ3n) is 3.15. The van der Waals surface area contributed by atoms with Crippen molar-refractivity contribution in [3.05, 3.63) is 0 Å². The van der Waals surface area contributed by atoms with Gasteiger partial charge in [-0.05, 0) is 24.7 Å². The number of rotatable bonds is 4. The van der Waals surface area contributed by atoms with Crippen molar-refractivity contribution < 1.29 is 5.11 Å². The molecule has 66 valence electrons. The summed E-state index contributed by atoms with van der Waals surface area (Å²) in [5, 5.41) is 9.21. The van der Waals surface area contributed by atoms with Gasteiger partial charge in [-0.2, -0.15) is 0 Å². The van der Waals surface area contributed by atoms with Crippen molar-refractivity contribution in [2.45, 2.75) is 58.5 Å². The number of aliphatic hydroxyl groups excluding tert-OH is 1. The van der Waals surface area contributed by atoms with Crippen LogP contribution in [-0.4, -0.2) is 11.2 Å². The lowest BCUT2D eigenvalue weighted by Crippen LogP contribution is -2.40. The van der Waals surface area contributed by atoms with Crippen molar-refractivity contribution in [1.82, 2.24) is 0 Å². The fourth-order valence-corrected chi connectivity index (χ4v) is 2.16. The highest BCUT2D eigenvalue weighted by atomic mass is 16.3. The zero-order valence-corrected chi connectivity index (χ0v) is 7.77. The van der Waals surface area contributed by atoms with E-state index in [9.17, 15) is 5.11 Å². The molecule has 0 spiro atoms. The highest BCUT2D eigenvalue weighted by Gasteiger charge is 2.40. The van der Waals surface area contributed by atoms with Gasteiger partial charge in [-0.1, -0.05) is 33.1 Å². The van der Waals surface area contributed by atoms with Crippen LogP contribution in [0.1, 0.15) is 52.4 Å². The molecule has 1 rings (SSSR count). The van der Waals surface area contributed by atoms with Crippen LogP contribution in [0.3, 0.4) is 0 Å². The van der Waals surface area contributed by atoms with Crippen molar-refractivity contribution in [2.75, 3.05) is 0 Å². The summed E-state index contributed by atoms with van der Waals surface area (Å²) in [6.45, 7) is 4.49. The van der Waals surface area contributed by atoms with Crippen LogP contribution >= 0.6 is 0 Å². The zero-order chi connectivity index (χ0) is 8.32. The maximum absolute atomic E-state index is 9.21. The van der Waals surface area contributed by atoms with Crippen LogP contribution in [0, 0.1) is 5.41 Å². The molecule has 0 aromatic heterocycles. The summed E-state index contributed by atoms with van der Waals surface area (Å²) in [7, 11) is 0. The Labute approximate surface area is 69.8 Å². The van der Waals surface area contributed by atoms with Gasteiger partial charge in [0.05, 0.1) is 6.10 Å². The Morgan fingerprint density at radius 2 is 2.00 bits per heavy atom. The van der Waals surface area contributed by atoms with E-state index in [0.717, 1.165) is 12.8 Å². The molecule has 0 aromatic carbocycles. The number of hydrogen-bond donors (Lipinski definition) is 1. The summed E-state index contributed by atoms with van der Waals surface area (Å²) in [4.78, 5) is 0. The van der Waals surface area contributed by atoms with E-state index < -0.39 is 0 Å². The van der Waals surface area contributed by atoms with Crippen LogP contribution in [0.15, 0.2) is 0 Å². The van der Waals surface area contributed by atoms with E-state index in [1.807, 2.05) is 0 Å². The molecule has 1 saturated carbocycles. The first-order valence-corrected chi connectivity index (χ1v) is 4.90. The third-order valence-corrected chi connectivity index (χ3v) is 3.15. The van der Waals surface area contributed by atoms with Crippen LogP contribution < -0.4 is 0 Å². The Hall–Kier alpha value is -0.0400. The average Bonchev–Trinajstić information content (AvgIpc) is 1.96. The SMILES string of the molecule is CCCCC1(CC)CC(O)C1. The lowest BCUT2D eigenvalue weighted by atomic mass is 9.62. The van der Waals surface area contributed by atoms with E-state index in [-0.39, 0.29) is 6.10 Å². The number of hydrogen-bond acceptors (Lipinski definition) is 1. The van der Waals surface area contributed by atoms with E-state index in [2.05, 4.69) is 13.8 Å². The van der Waals surface area contributed by atoms with Gasteiger partial charge in [0.25, 0.3) is 0 Å². The topological polar surface area (TPSA) is 20.2 Å². The van der Waals surface area contributed by atoms with Crippen molar-refractivity contribution in [2.24, 2.45) is 5.41 Å². The summed E-state index contributed by atoms with van der Waals surface area (Å²) in [6.07, 6.45) is 7.35. The highest BCUT2D eigenvalue weighted by Crippen LogP contribution is 2.47. The quantitative estimate of drug-likeness (QED) is 0.663. The normalized spacial score (nSPS) is 36.8. The summed E-state index contributed by atoms with van der Waals surface area (Å²) in [5.41, 5.74) is 0.537. The standard InChI is InChI=1S/C10H20O/c1-3-5-6-10(4-2)7-9(11)8-10/h9,11H,3-8H2,1-2H3. The number of aliphatic hydroxyl groups is 1. The van der Waals surface area contributed by atoms with E-state index in [1.54, 1.807) is 0 Å². The molecule has 0 amide bonds. The molecule has 0 heterocycles. The summed E-state index contributed by atoms with van der Waals surface area (Å²) in [6, 6.07) is 0. The largest absolute Gasteiger partial charge is 0.393 e. The second-order valence-electron chi connectivity index (χ2n) is 4.02. The Kier molecular flexibility index (Phi) is 2.94. The second kappa shape index (κ2) is 3.57. The first kappa shape index (κ1) is 9.05. The summed E-state index contributed by atoms with van der Waals surface area (Å²) in [5.74, 6) is 0. The Morgan fingerprint density at radius 1 is 1.36 bits per heavy atom. The van der Waals surface area contributed by atoms with Crippen molar-refractivity contribution >= 4 is 0 Å². The van der Waals surface area contributed by atoms with Gasteiger partial charge >= 0.3 is 0 Å². The van der Waals surface area contributed by atoms with E-state index in [4.69, 9.17) is 0 Å². The Bertz CT molecular complexity index is 114. The van der Waals surface area contributed by atoms with Crippen molar-refractivity contribution in [3.8, 4) is 0 Å². The van der Waals surface area contributed by atoms with Crippen LogP contribution in [0.5, 0.6) is 0 Å². The maximum atomic E-state index is 9.21. The van der Waals surface area contributed by atoms with Gasteiger partial charge in [0.15, 0.2) is 0 Å². The molecule has 0 aliphatic heterocycles. The van der Waals surface area contributed by atoms with Crippen molar-refractivity contribution in [1.29, 1.82) is 0 Å². The molecule has 0 unspecified atom stereocenters. The average molecular weight is 156 g/mol. The maximum Gasteiger partial charge on any atom is 0.0550 e. The van der Waals surface area contributed by atoms with E-state index >= 15 is 0 Å². The molecule has 0 radical (unpaired) electrons. The van der Waals surface area contributed by atoms with Gasteiger partial charge in [-0.15, -0.1) is 0 Å². The first-order chi connectivity index (χ1) is 5.22. The fraction of sp³-hybridized carbons (Fsp3) is 1.00. The molecule has 0 saturated heterocycles. The van der Waals surface area contributed by atoms with Crippen LogP contribution in [-0.2, 0) is 0 Å². The summed E-state index contributed by atoms with van der Waals surface area (Å²) >= 11 is 0. The minimum absolute atomic E-state index is 0.0202. The monoisotopic (exact) mass is 156 g/mol. The lowest BCUT2D eigenvalue weighted by Gasteiger charge is -2.45. The minimum Gasteiger partial charge on any atom is -0.393 e. The molecule has 0 bridgehead atoms. The van der Waals surface area contributed by atoms with Crippen LogP contribution in [0.2, 0.25) is 0 Å². The lowest BCUT2D eigenvalue weighted by molar-refractivity contribution is -0.0409. The molecule has 0 atom stereocenters. The molecule has 0 aromatic rings. The van der Waals surface area contributed by atoms with Gasteiger partial charge in [0, 0.05) is 0 Å². The smallest absolute Gasteiger partial charge is 0.0550 e. The Morgan fingerprint density at radius 3 is 2.36 bits per heavy atom. The molecule has 1 N–H and O–H groups in total. The van der Waals surface area contributed by atoms with Gasteiger partial charge in [-0.25, -0.2) is 0 Å². The van der Waals surface area contributed by atoms with E-state index in [0.29, 0.717) is 5.41 Å². The molecule has 11 heavy (non-hydrogen) atoms. The van der Waals surface area contributed by atoms with E-state index in [1.165, 1.54) is 25.7 Å². The third kappa shape index (κ3) is 1.96. The molecule has 1 aliphatic rings. The molecule has 1 nitrogen and oxygen atoms in total. The molecule has 1 aliphatic carbocycles. The van der Waals surface area contributed by atoms with Crippen molar-refractivity contribution in [3.63, 3.8) is 0 Å². The first-order valence-electron chi connectivity index (χ1n) is 4.90. The van der Waals surface area contributed by atoms with Gasteiger partial charge in [0.1, 0.15) is 0 Å². The van der Waals surface area contributed by atoms with Gasteiger partial charge < -0.3 is 5.11 Å². The predicted octanol–water partition coefficient (Wildman–Crippen LogP) is 2.73. The highest BCUT2D eigenvalue weighted by molar-refractivity contribution is 4.92. The molecular weight excluding hydrogens is 136 g/mol. The number of unbranched alkanes of at least 4 members (excludes halogenated alkanes) is 1. The molecule has 1 fully saturated rings. The van der Waals surface area contributed by atoms with Gasteiger partial charge in [0.2, 0.25) is 0 Å². The fourth-order valence-electron chi connectivity index (χ4n) is 2.16. The Balaban J connectivity index is 2.26. The second-order valence-corrected chi connectivity index (χ2v) is 4.02. The van der Waals surface area contributed by atoms with Crippen LogP contribution in [0.25, 0.3) is 0 Å². The minimum atomic E-state index is 0.0202. The zero-order valence-electron chi connectivity index (χ0n) is 7.77. The van der Waals surface area contributed by atoms with Crippen LogP contribution in [0.4, 0.5) is 0 Å².